The first-order chi connectivity index (χ1) is 8.28. The van der Waals surface area contributed by atoms with Gasteiger partial charge in [-0.2, -0.15) is 4.31 Å². The van der Waals surface area contributed by atoms with Crippen molar-refractivity contribution in [3.8, 4) is 0 Å². The largest absolute Gasteiger partial charge is 0.392 e. The van der Waals surface area contributed by atoms with Crippen molar-refractivity contribution in [3.05, 3.63) is 27.1 Å². The molecule has 0 radical (unpaired) electrons. The van der Waals surface area contributed by atoms with E-state index in [0.29, 0.717) is 15.5 Å². The summed E-state index contributed by atoms with van der Waals surface area (Å²) < 4.78 is 27.3. The maximum Gasteiger partial charge on any atom is 0.244 e. The van der Waals surface area contributed by atoms with Gasteiger partial charge in [0.25, 0.3) is 0 Å². The average Bonchev–Trinajstić information content (AvgIpc) is 2.28. The number of hydrogen-bond acceptors (Lipinski definition) is 3. The molecule has 8 heteroatoms. The lowest BCUT2D eigenvalue weighted by Gasteiger charge is -2.20. The minimum absolute atomic E-state index is 0.0348. The van der Waals surface area contributed by atoms with Crippen LogP contribution in [0.2, 0.25) is 0 Å². The molecule has 0 saturated heterocycles. The Bertz CT molecular complexity index is 561. The highest BCUT2D eigenvalue weighted by molar-refractivity contribution is 9.11. The third kappa shape index (κ3) is 3.74. The third-order valence-electron chi connectivity index (χ3n) is 2.20. The van der Waals surface area contributed by atoms with Gasteiger partial charge in [0.1, 0.15) is 0 Å². The van der Waals surface area contributed by atoms with Crippen LogP contribution in [0, 0.1) is 0 Å². The summed E-state index contributed by atoms with van der Waals surface area (Å²) in [6.45, 7) is 2.08. The molecule has 0 fully saturated rings. The molecule has 0 aliphatic carbocycles. The van der Waals surface area contributed by atoms with Gasteiger partial charge in [0.15, 0.2) is 0 Å². The zero-order valence-electron chi connectivity index (χ0n) is 9.56. The van der Waals surface area contributed by atoms with E-state index < -0.39 is 10.0 Å². The molecule has 18 heavy (non-hydrogen) atoms. The van der Waals surface area contributed by atoms with E-state index in [0.717, 1.165) is 0 Å². The minimum atomic E-state index is -3.61. The van der Waals surface area contributed by atoms with Crippen molar-refractivity contribution in [3.63, 3.8) is 0 Å². The van der Waals surface area contributed by atoms with Gasteiger partial charge in [-0.3, -0.25) is 0 Å². The van der Waals surface area contributed by atoms with Crippen LogP contribution >= 0.6 is 44.1 Å². The monoisotopic (exact) mass is 414 g/mol. The van der Waals surface area contributed by atoms with E-state index >= 15 is 0 Å². The fourth-order valence-corrected chi connectivity index (χ4v) is 4.48. The molecule has 0 aromatic heterocycles. The molecule has 100 valence electrons. The second-order valence-corrected chi connectivity index (χ2v) is 7.67. The van der Waals surface area contributed by atoms with Gasteiger partial charge in [0.05, 0.1) is 16.4 Å². The number of halogens is 2. The van der Waals surface area contributed by atoms with E-state index in [9.17, 15) is 8.42 Å². The van der Waals surface area contributed by atoms with Crippen molar-refractivity contribution in [2.24, 2.45) is 5.73 Å². The summed E-state index contributed by atoms with van der Waals surface area (Å²) in [5, 5.41) is 0. The average molecular weight is 416 g/mol. The van der Waals surface area contributed by atoms with Crippen LogP contribution < -0.4 is 5.73 Å². The molecule has 0 spiro atoms. The molecule has 0 atom stereocenters. The molecule has 1 aromatic rings. The number of nitrogens with two attached hydrogens (primary N) is 1. The molecule has 4 nitrogen and oxygen atoms in total. The minimum Gasteiger partial charge on any atom is -0.392 e. The Morgan fingerprint density at radius 3 is 2.56 bits per heavy atom. The second kappa shape index (κ2) is 6.42. The van der Waals surface area contributed by atoms with E-state index in [1.165, 1.54) is 4.31 Å². The van der Waals surface area contributed by atoms with Crippen LogP contribution in [0.15, 0.2) is 32.0 Å². The molecule has 1 rings (SSSR count). The van der Waals surface area contributed by atoms with E-state index in [1.807, 2.05) is 0 Å². The highest BCUT2D eigenvalue weighted by Crippen LogP contribution is 2.28. The Morgan fingerprint density at radius 1 is 1.44 bits per heavy atom. The van der Waals surface area contributed by atoms with Crippen LogP contribution in [-0.4, -0.2) is 30.8 Å². The van der Waals surface area contributed by atoms with Crippen LogP contribution in [0.5, 0.6) is 0 Å². The Hall–Kier alpha value is -0.0200. The van der Waals surface area contributed by atoms with Crippen molar-refractivity contribution >= 4 is 59.1 Å². The number of rotatable bonds is 5. The SMILES string of the molecule is CCN(CC(N)=S)S(=O)(=O)c1cc(Br)ccc1Br. The standard InChI is InChI=1S/C10H12Br2N2O2S2/c1-2-14(6-10(13)17)18(15,16)9-5-7(11)3-4-8(9)12/h3-5H,2,6H2,1H3,(H2,13,17). The maximum atomic E-state index is 12.4. The summed E-state index contributed by atoms with van der Waals surface area (Å²) >= 11 is 11.3. The topological polar surface area (TPSA) is 63.4 Å². The first-order valence-corrected chi connectivity index (χ1v) is 8.46. The van der Waals surface area contributed by atoms with Crippen molar-refractivity contribution in [1.82, 2.24) is 4.31 Å². The number of benzene rings is 1. The molecule has 0 saturated carbocycles. The van der Waals surface area contributed by atoms with Gasteiger partial charge in [0.2, 0.25) is 10.0 Å². The zero-order chi connectivity index (χ0) is 13.9. The normalized spacial score (nSPS) is 11.8. The number of thiocarbonyl (C=S) groups is 1. The van der Waals surface area contributed by atoms with Crippen molar-refractivity contribution < 1.29 is 8.42 Å². The van der Waals surface area contributed by atoms with Gasteiger partial charge in [-0.1, -0.05) is 35.1 Å². The van der Waals surface area contributed by atoms with Gasteiger partial charge in [-0.05, 0) is 34.1 Å². The van der Waals surface area contributed by atoms with Crippen molar-refractivity contribution in [1.29, 1.82) is 0 Å². The first-order valence-electron chi connectivity index (χ1n) is 5.02. The van der Waals surface area contributed by atoms with Crippen LogP contribution in [0.1, 0.15) is 6.92 Å². The summed E-state index contributed by atoms with van der Waals surface area (Å²) in [7, 11) is -3.61. The zero-order valence-corrected chi connectivity index (χ0v) is 14.4. The van der Waals surface area contributed by atoms with E-state index in [4.69, 9.17) is 18.0 Å². The summed E-state index contributed by atoms with van der Waals surface area (Å²) in [5.74, 6) is 0. The lowest BCUT2D eigenvalue weighted by Crippen LogP contribution is -2.37. The fourth-order valence-electron chi connectivity index (χ4n) is 1.35. The Labute approximate surface area is 129 Å². The van der Waals surface area contributed by atoms with Crippen molar-refractivity contribution in [2.45, 2.75) is 11.8 Å². The lowest BCUT2D eigenvalue weighted by molar-refractivity contribution is 0.467. The molecule has 0 heterocycles. The van der Waals surface area contributed by atoms with Crippen molar-refractivity contribution in [2.75, 3.05) is 13.1 Å². The third-order valence-corrected chi connectivity index (χ3v) is 5.73. The van der Waals surface area contributed by atoms with Crippen LogP contribution in [0.4, 0.5) is 0 Å². The van der Waals surface area contributed by atoms with Gasteiger partial charge >= 0.3 is 0 Å². The number of nitrogens with zero attached hydrogens (tertiary/aromatic N) is 1. The van der Waals surface area contributed by atoms with Gasteiger partial charge in [-0.15, -0.1) is 0 Å². The highest BCUT2D eigenvalue weighted by atomic mass is 79.9. The summed E-state index contributed by atoms with van der Waals surface area (Å²) in [6, 6.07) is 4.97. The smallest absolute Gasteiger partial charge is 0.244 e. The fraction of sp³-hybridized carbons (Fsp3) is 0.300. The predicted molar refractivity (Wildman–Crippen MR) is 83.1 cm³/mol. The number of sulfonamides is 1. The summed E-state index contributed by atoms with van der Waals surface area (Å²) in [4.78, 5) is 0.335. The molecule has 0 aliphatic rings. The molecule has 0 bridgehead atoms. The molecule has 2 N–H and O–H groups in total. The second-order valence-electron chi connectivity index (χ2n) is 3.47. The van der Waals surface area contributed by atoms with Crippen LogP contribution in [-0.2, 0) is 10.0 Å². The van der Waals surface area contributed by atoms with Gasteiger partial charge in [0, 0.05) is 15.5 Å². The summed E-state index contributed by atoms with van der Waals surface area (Å²) in [6.07, 6.45) is 0. The highest BCUT2D eigenvalue weighted by Gasteiger charge is 2.25. The lowest BCUT2D eigenvalue weighted by atomic mass is 10.4. The quantitative estimate of drug-likeness (QED) is 0.750. The molecule has 0 amide bonds. The predicted octanol–water partition coefficient (Wildman–Crippen LogP) is 2.51. The first kappa shape index (κ1) is 16.0. The van der Waals surface area contributed by atoms with Gasteiger partial charge in [-0.25, -0.2) is 8.42 Å². The van der Waals surface area contributed by atoms with E-state index in [2.05, 4.69) is 31.9 Å². The van der Waals surface area contributed by atoms with Crippen LogP contribution in [0.25, 0.3) is 0 Å². The molecular formula is C10H12Br2N2O2S2. The molecule has 0 aliphatic heterocycles. The Kier molecular flexibility index (Phi) is 5.72. The Balaban J connectivity index is 3.26. The van der Waals surface area contributed by atoms with E-state index in [1.54, 1.807) is 25.1 Å². The maximum absolute atomic E-state index is 12.4. The van der Waals surface area contributed by atoms with E-state index in [-0.39, 0.29) is 16.4 Å². The molecule has 1 aromatic carbocycles. The summed E-state index contributed by atoms with van der Waals surface area (Å²) in [5.41, 5.74) is 5.42. The van der Waals surface area contributed by atoms with Crippen LogP contribution in [0.3, 0.4) is 0 Å². The molecular weight excluding hydrogens is 404 g/mol. The number of hydrogen-bond donors (Lipinski definition) is 1. The van der Waals surface area contributed by atoms with Gasteiger partial charge < -0.3 is 5.73 Å². The number of likely N-dealkylation sites (N-methyl/N-ethyl adjacent to an activating group) is 1. The molecule has 0 unspecified atom stereocenters. The Morgan fingerprint density at radius 2 is 2.06 bits per heavy atom.